The van der Waals surface area contributed by atoms with Crippen LogP contribution in [0.15, 0.2) is 22.1 Å². The van der Waals surface area contributed by atoms with Gasteiger partial charge in [-0.2, -0.15) is 0 Å². The molecule has 0 radical (unpaired) electrons. The molecule has 1 N–H and O–H groups in total. The molecule has 0 aromatic rings. The average molecular weight is 97.1 g/mol. The van der Waals surface area contributed by atoms with E-state index in [2.05, 4.69) is 15.8 Å². The molecule has 0 spiro atoms. The van der Waals surface area contributed by atoms with Crippen molar-refractivity contribution >= 4 is 0 Å². The molecular weight excluding hydrogens is 90.1 g/mol. The lowest BCUT2D eigenvalue weighted by Crippen LogP contribution is -2.09. The Kier molecular flexibility index (Phi) is 1.06. The Morgan fingerprint density at radius 1 is 1.86 bits per heavy atom. The van der Waals surface area contributed by atoms with Gasteiger partial charge < -0.3 is 0 Å². The lowest BCUT2D eigenvalue weighted by atomic mass is 10.3. The van der Waals surface area contributed by atoms with E-state index in [0.717, 1.165) is 6.54 Å². The summed E-state index contributed by atoms with van der Waals surface area (Å²) < 4.78 is 0. The first-order chi connectivity index (χ1) is 3.39. The van der Waals surface area contributed by atoms with Crippen molar-refractivity contribution in [3.05, 3.63) is 11.8 Å². The maximum Gasteiger partial charge on any atom is 0.0572 e. The van der Waals surface area contributed by atoms with Crippen molar-refractivity contribution < 1.29 is 0 Å². The fraction of sp³-hybridized carbons (Fsp3) is 0.500. The summed E-state index contributed by atoms with van der Waals surface area (Å²) in [4.78, 5) is 0. The van der Waals surface area contributed by atoms with E-state index in [1.165, 1.54) is 5.57 Å². The van der Waals surface area contributed by atoms with Gasteiger partial charge in [0, 0.05) is 0 Å². The van der Waals surface area contributed by atoms with Crippen molar-refractivity contribution in [2.24, 2.45) is 10.3 Å². The molecule has 1 aliphatic heterocycles. The Labute approximate surface area is 42.1 Å². The summed E-state index contributed by atoms with van der Waals surface area (Å²) in [7, 11) is 0. The standard InChI is InChI=1S/C4H7N3/c1-4-2-5-7-6-3-4/h2H,3H2,1H3,(H,5,6). The Morgan fingerprint density at radius 3 is 3.00 bits per heavy atom. The summed E-state index contributed by atoms with van der Waals surface area (Å²) in [5.41, 5.74) is 3.94. The maximum atomic E-state index is 3.61. The molecule has 0 atom stereocenters. The van der Waals surface area contributed by atoms with Crippen molar-refractivity contribution in [3.8, 4) is 0 Å². The predicted molar refractivity (Wildman–Crippen MR) is 26.6 cm³/mol. The molecule has 0 amide bonds. The van der Waals surface area contributed by atoms with Crippen LogP contribution in [0.2, 0.25) is 0 Å². The van der Waals surface area contributed by atoms with E-state index < -0.39 is 0 Å². The van der Waals surface area contributed by atoms with E-state index in [1.807, 2.05) is 6.92 Å². The average Bonchev–Trinajstić information content (AvgIpc) is 1.69. The zero-order chi connectivity index (χ0) is 5.11. The molecular formula is C4H7N3. The Balaban J connectivity index is 2.57. The number of nitrogens with one attached hydrogen (secondary N) is 1. The van der Waals surface area contributed by atoms with Gasteiger partial charge in [-0.1, -0.05) is 5.22 Å². The molecule has 38 valence electrons. The normalized spacial score (nSPS) is 18.1. The molecule has 1 heterocycles. The highest BCUT2D eigenvalue weighted by Crippen LogP contribution is 1.94. The van der Waals surface area contributed by atoms with Gasteiger partial charge in [-0.15, -0.1) is 5.11 Å². The summed E-state index contributed by atoms with van der Waals surface area (Å²) in [6.45, 7) is 2.84. The van der Waals surface area contributed by atoms with E-state index in [-0.39, 0.29) is 0 Å². The molecule has 1 aliphatic rings. The van der Waals surface area contributed by atoms with E-state index in [9.17, 15) is 0 Å². The van der Waals surface area contributed by atoms with E-state index in [4.69, 9.17) is 0 Å². The smallest absolute Gasteiger partial charge is 0.0572 e. The molecule has 0 saturated heterocycles. The van der Waals surface area contributed by atoms with Crippen LogP contribution in [-0.4, -0.2) is 6.54 Å². The van der Waals surface area contributed by atoms with Crippen LogP contribution in [0.25, 0.3) is 0 Å². The van der Waals surface area contributed by atoms with Crippen LogP contribution in [0.4, 0.5) is 0 Å². The summed E-state index contributed by atoms with van der Waals surface area (Å²) in [5, 5.41) is 7.14. The van der Waals surface area contributed by atoms with Gasteiger partial charge in [0.2, 0.25) is 0 Å². The highest BCUT2D eigenvalue weighted by molar-refractivity contribution is 4.99. The highest BCUT2D eigenvalue weighted by Gasteiger charge is 1.88. The minimum absolute atomic E-state index is 0.837. The molecule has 0 bridgehead atoms. The summed E-state index contributed by atoms with van der Waals surface area (Å²) in [5.74, 6) is 0. The number of nitrogens with zero attached hydrogens (tertiary/aromatic N) is 2. The molecule has 0 aromatic carbocycles. The first kappa shape index (κ1) is 4.30. The van der Waals surface area contributed by atoms with Crippen molar-refractivity contribution in [1.82, 2.24) is 5.43 Å². The van der Waals surface area contributed by atoms with Crippen molar-refractivity contribution in [2.75, 3.05) is 6.54 Å². The van der Waals surface area contributed by atoms with Gasteiger partial charge in [0.1, 0.15) is 0 Å². The van der Waals surface area contributed by atoms with Gasteiger partial charge in [-0.05, 0) is 12.5 Å². The third-order valence-corrected chi connectivity index (χ3v) is 0.764. The maximum absolute atomic E-state index is 3.61. The van der Waals surface area contributed by atoms with Crippen molar-refractivity contribution in [3.63, 3.8) is 0 Å². The topological polar surface area (TPSA) is 36.8 Å². The van der Waals surface area contributed by atoms with Crippen molar-refractivity contribution in [1.29, 1.82) is 0 Å². The van der Waals surface area contributed by atoms with Gasteiger partial charge in [-0.25, -0.2) is 0 Å². The van der Waals surface area contributed by atoms with Crippen LogP contribution in [0.5, 0.6) is 0 Å². The van der Waals surface area contributed by atoms with E-state index >= 15 is 0 Å². The van der Waals surface area contributed by atoms with Gasteiger partial charge in [0.05, 0.1) is 12.7 Å². The van der Waals surface area contributed by atoms with Gasteiger partial charge in [-0.3, -0.25) is 5.43 Å². The van der Waals surface area contributed by atoms with Gasteiger partial charge in [0.25, 0.3) is 0 Å². The second-order valence-corrected chi connectivity index (χ2v) is 1.53. The summed E-state index contributed by atoms with van der Waals surface area (Å²) in [6, 6.07) is 0. The quantitative estimate of drug-likeness (QED) is 0.478. The first-order valence-electron chi connectivity index (χ1n) is 2.18. The second kappa shape index (κ2) is 1.73. The molecule has 0 aliphatic carbocycles. The van der Waals surface area contributed by atoms with E-state index in [0.29, 0.717) is 0 Å². The molecule has 0 aromatic heterocycles. The lowest BCUT2D eigenvalue weighted by Gasteiger charge is -2.00. The second-order valence-electron chi connectivity index (χ2n) is 1.53. The molecule has 0 saturated carbocycles. The highest BCUT2D eigenvalue weighted by atomic mass is 15.4. The molecule has 0 unspecified atom stereocenters. The lowest BCUT2D eigenvalue weighted by molar-refractivity contribution is 0.713. The SMILES string of the molecule is CC1=CN=NNC1. The molecule has 7 heavy (non-hydrogen) atoms. The van der Waals surface area contributed by atoms with Crippen LogP contribution in [0.3, 0.4) is 0 Å². The first-order valence-corrected chi connectivity index (χ1v) is 2.18. The Hall–Kier alpha value is -0.860. The van der Waals surface area contributed by atoms with Crippen LogP contribution < -0.4 is 5.43 Å². The predicted octanol–water partition coefficient (Wildman–Crippen LogP) is 0.861. The Bertz CT molecular complexity index is 114. The summed E-state index contributed by atoms with van der Waals surface area (Å²) in [6.07, 6.45) is 1.75. The molecule has 1 rings (SSSR count). The molecule has 3 nitrogen and oxygen atoms in total. The number of hydrogen-bond acceptors (Lipinski definition) is 3. The summed E-state index contributed by atoms with van der Waals surface area (Å²) >= 11 is 0. The number of rotatable bonds is 0. The van der Waals surface area contributed by atoms with Crippen LogP contribution in [-0.2, 0) is 0 Å². The molecule has 3 heteroatoms. The fourth-order valence-corrected chi connectivity index (χ4v) is 0.374. The van der Waals surface area contributed by atoms with Crippen LogP contribution >= 0.6 is 0 Å². The minimum atomic E-state index is 0.837. The van der Waals surface area contributed by atoms with Gasteiger partial charge >= 0.3 is 0 Å². The third kappa shape index (κ3) is 0.994. The minimum Gasteiger partial charge on any atom is -0.287 e. The van der Waals surface area contributed by atoms with Crippen LogP contribution in [0, 0.1) is 0 Å². The zero-order valence-corrected chi connectivity index (χ0v) is 4.18. The monoisotopic (exact) mass is 97.1 g/mol. The van der Waals surface area contributed by atoms with E-state index in [1.54, 1.807) is 6.20 Å². The number of hydrogen-bond donors (Lipinski definition) is 1. The van der Waals surface area contributed by atoms with Crippen molar-refractivity contribution in [2.45, 2.75) is 6.92 Å². The fourth-order valence-electron chi connectivity index (χ4n) is 0.374. The third-order valence-electron chi connectivity index (χ3n) is 0.764. The van der Waals surface area contributed by atoms with Gasteiger partial charge in [0.15, 0.2) is 0 Å². The zero-order valence-electron chi connectivity index (χ0n) is 4.18. The molecule has 0 fully saturated rings. The Morgan fingerprint density at radius 2 is 2.71 bits per heavy atom. The largest absolute Gasteiger partial charge is 0.287 e. The van der Waals surface area contributed by atoms with Crippen LogP contribution in [0.1, 0.15) is 6.92 Å².